The van der Waals surface area contributed by atoms with Gasteiger partial charge in [-0.05, 0) is 53.8 Å². The first-order valence-electron chi connectivity index (χ1n) is 15.0. The SMILES string of the molecule is COc1ccccc1C=CC(=O)N1C[C@H]2[C@@]3(c4ccccc4)CC[C@H](c4ccccc43)[C@@]2(C(=O)NCc2ccccn2)C1. The summed E-state index contributed by atoms with van der Waals surface area (Å²) in [6.07, 6.45) is 7.01. The van der Waals surface area contributed by atoms with E-state index in [9.17, 15) is 9.59 Å². The number of para-hydroxylation sites is 1. The molecule has 4 aliphatic rings. The number of nitrogens with zero attached hydrogens (tertiary/aromatic N) is 2. The first-order valence-corrected chi connectivity index (χ1v) is 15.0. The summed E-state index contributed by atoms with van der Waals surface area (Å²) in [5, 5.41) is 3.27. The van der Waals surface area contributed by atoms with Gasteiger partial charge in [-0.25, -0.2) is 0 Å². The van der Waals surface area contributed by atoms with Crippen molar-refractivity contribution in [3.05, 3.63) is 137 Å². The van der Waals surface area contributed by atoms with Crippen molar-refractivity contribution in [2.45, 2.75) is 30.7 Å². The van der Waals surface area contributed by atoms with Crippen LogP contribution in [0, 0.1) is 11.3 Å². The number of benzene rings is 3. The lowest BCUT2D eigenvalue weighted by molar-refractivity contribution is -0.139. The Morgan fingerprint density at radius 3 is 2.56 bits per heavy atom. The molecule has 216 valence electrons. The van der Waals surface area contributed by atoms with Crippen molar-refractivity contribution in [2.24, 2.45) is 11.3 Å². The second-order valence-electron chi connectivity index (χ2n) is 11.9. The highest BCUT2D eigenvalue weighted by Gasteiger charge is 2.70. The predicted octanol–water partition coefficient (Wildman–Crippen LogP) is 5.74. The Morgan fingerprint density at radius 1 is 0.977 bits per heavy atom. The van der Waals surface area contributed by atoms with Gasteiger partial charge in [-0.15, -0.1) is 0 Å². The van der Waals surface area contributed by atoms with E-state index in [1.54, 1.807) is 19.4 Å². The fourth-order valence-corrected chi connectivity index (χ4v) is 8.29. The van der Waals surface area contributed by atoms with Crippen LogP contribution in [0.4, 0.5) is 0 Å². The van der Waals surface area contributed by atoms with Crippen molar-refractivity contribution < 1.29 is 14.3 Å². The summed E-state index contributed by atoms with van der Waals surface area (Å²) in [6.45, 7) is 1.22. The summed E-state index contributed by atoms with van der Waals surface area (Å²) in [5.41, 5.74) is 4.25. The Morgan fingerprint density at radius 2 is 1.74 bits per heavy atom. The predicted molar refractivity (Wildman–Crippen MR) is 166 cm³/mol. The molecule has 3 aromatic carbocycles. The van der Waals surface area contributed by atoms with Crippen LogP contribution in [0.25, 0.3) is 6.08 Å². The number of hydrogen-bond acceptors (Lipinski definition) is 4. The molecule has 0 radical (unpaired) electrons. The van der Waals surface area contributed by atoms with Crippen LogP contribution < -0.4 is 10.1 Å². The van der Waals surface area contributed by atoms with Gasteiger partial charge in [0.15, 0.2) is 0 Å². The quantitative estimate of drug-likeness (QED) is 0.288. The average molecular weight is 570 g/mol. The van der Waals surface area contributed by atoms with Gasteiger partial charge in [-0.3, -0.25) is 14.6 Å². The van der Waals surface area contributed by atoms with Crippen LogP contribution >= 0.6 is 0 Å². The molecule has 4 atom stereocenters. The minimum Gasteiger partial charge on any atom is -0.496 e. The number of carbonyl (C=O) groups excluding carboxylic acids is 2. The van der Waals surface area contributed by atoms with E-state index in [2.05, 4.69) is 58.8 Å². The van der Waals surface area contributed by atoms with E-state index in [0.717, 1.165) is 24.1 Å². The smallest absolute Gasteiger partial charge is 0.246 e. The highest BCUT2D eigenvalue weighted by Crippen LogP contribution is 2.68. The van der Waals surface area contributed by atoms with E-state index >= 15 is 0 Å². The molecular formula is C37H35N3O3. The maximum Gasteiger partial charge on any atom is 0.246 e. The van der Waals surface area contributed by atoms with Crippen LogP contribution in [0.5, 0.6) is 5.75 Å². The lowest BCUT2D eigenvalue weighted by atomic mass is 9.42. The summed E-state index contributed by atoms with van der Waals surface area (Å²) in [4.78, 5) is 34.9. The van der Waals surface area contributed by atoms with E-state index in [1.807, 2.05) is 59.5 Å². The van der Waals surface area contributed by atoms with Crippen molar-refractivity contribution >= 4 is 17.9 Å². The molecule has 1 aliphatic heterocycles. The first kappa shape index (κ1) is 27.1. The summed E-state index contributed by atoms with van der Waals surface area (Å²) in [6, 6.07) is 32.6. The van der Waals surface area contributed by atoms with Gasteiger partial charge < -0.3 is 15.0 Å². The van der Waals surface area contributed by atoms with Gasteiger partial charge in [-0.2, -0.15) is 0 Å². The Kier molecular flexibility index (Phi) is 6.85. The van der Waals surface area contributed by atoms with E-state index < -0.39 is 5.41 Å². The standard InChI is InChI=1S/C37H35N3O3/c1-43-32-17-8-5-11-26(32)18-19-34(41)40-24-33-36(27-12-3-2-4-13-27)21-20-31(29-15-6-7-16-30(29)36)37(33,25-40)35(42)39-23-28-14-9-10-22-38-28/h2-19,22,31,33H,20-21,23-25H2,1H3,(H,39,42)/t31-,33+,36-,37+/m1/s1. The molecule has 1 aromatic heterocycles. The zero-order valence-electron chi connectivity index (χ0n) is 24.3. The third-order valence-electron chi connectivity index (χ3n) is 10.1. The Hall–Kier alpha value is -4.71. The van der Waals surface area contributed by atoms with Gasteiger partial charge in [-0.1, -0.05) is 78.9 Å². The second-order valence-corrected chi connectivity index (χ2v) is 11.9. The number of hydrogen-bond donors (Lipinski definition) is 1. The number of methoxy groups -OCH3 is 1. The molecule has 2 fully saturated rings. The third kappa shape index (κ3) is 4.27. The molecule has 6 heteroatoms. The van der Waals surface area contributed by atoms with Gasteiger partial charge in [0.25, 0.3) is 0 Å². The molecule has 4 aromatic rings. The minimum atomic E-state index is -0.773. The topological polar surface area (TPSA) is 71.5 Å². The number of carbonyl (C=O) groups is 2. The van der Waals surface area contributed by atoms with Crippen molar-refractivity contribution in [1.82, 2.24) is 15.2 Å². The molecule has 6 nitrogen and oxygen atoms in total. The molecule has 1 N–H and O–H groups in total. The molecule has 8 rings (SSSR count). The summed E-state index contributed by atoms with van der Waals surface area (Å²) >= 11 is 0. The lowest BCUT2D eigenvalue weighted by Gasteiger charge is -2.60. The molecule has 2 heterocycles. The molecule has 2 bridgehead atoms. The van der Waals surface area contributed by atoms with Crippen molar-refractivity contribution in [3.8, 4) is 5.75 Å². The van der Waals surface area contributed by atoms with Gasteiger partial charge in [0.05, 0.1) is 24.8 Å². The highest BCUT2D eigenvalue weighted by molar-refractivity contribution is 5.94. The van der Waals surface area contributed by atoms with Crippen LogP contribution in [-0.2, 0) is 21.5 Å². The van der Waals surface area contributed by atoms with E-state index in [-0.39, 0.29) is 29.1 Å². The van der Waals surface area contributed by atoms with Crippen LogP contribution in [0.1, 0.15) is 46.7 Å². The highest BCUT2D eigenvalue weighted by atomic mass is 16.5. The van der Waals surface area contributed by atoms with Crippen LogP contribution in [0.15, 0.2) is 109 Å². The monoisotopic (exact) mass is 569 g/mol. The number of nitrogens with one attached hydrogen (secondary N) is 1. The van der Waals surface area contributed by atoms with Gasteiger partial charge in [0.1, 0.15) is 5.75 Å². The van der Waals surface area contributed by atoms with Crippen molar-refractivity contribution in [1.29, 1.82) is 0 Å². The molecule has 43 heavy (non-hydrogen) atoms. The molecular weight excluding hydrogens is 534 g/mol. The molecule has 1 saturated carbocycles. The summed E-state index contributed by atoms with van der Waals surface area (Å²) in [7, 11) is 1.63. The van der Waals surface area contributed by atoms with Gasteiger partial charge in [0.2, 0.25) is 11.8 Å². The maximum atomic E-state index is 14.7. The Bertz CT molecular complexity index is 1690. The van der Waals surface area contributed by atoms with Crippen molar-refractivity contribution in [3.63, 3.8) is 0 Å². The molecule has 0 spiro atoms. The fraction of sp³-hybridized carbons (Fsp3) is 0.270. The van der Waals surface area contributed by atoms with Crippen LogP contribution in [0.2, 0.25) is 0 Å². The Labute approximate surface area is 252 Å². The molecule has 2 amide bonds. The zero-order chi connectivity index (χ0) is 29.4. The van der Waals surface area contributed by atoms with E-state index in [0.29, 0.717) is 25.4 Å². The summed E-state index contributed by atoms with van der Waals surface area (Å²) < 4.78 is 5.49. The normalized spacial score (nSPS) is 25.3. The number of aromatic nitrogens is 1. The third-order valence-corrected chi connectivity index (χ3v) is 10.1. The van der Waals surface area contributed by atoms with Gasteiger partial charge in [0, 0.05) is 48.2 Å². The first-order chi connectivity index (χ1) is 21.1. The lowest BCUT2D eigenvalue weighted by Crippen LogP contribution is -2.62. The van der Waals surface area contributed by atoms with E-state index in [1.165, 1.54) is 16.7 Å². The second kappa shape index (κ2) is 10.8. The average Bonchev–Trinajstić information content (AvgIpc) is 3.51. The molecule has 1 saturated heterocycles. The molecule has 0 unspecified atom stereocenters. The largest absolute Gasteiger partial charge is 0.496 e. The fourth-order valence-electron chi connectivity index (χ4n) is 8.29. The van der Waals surface area contributed by atoms with Crippen LogP contribution in [0.3, 0.4) is 0 Å². The van der Waals surface area contributed by atoms with Gasteiger partial charge >= 0.3 is 0 Å². The number of ether oxygens (including phenoxy) is 1. The van der Waals surface area contributed by atoms with E-state index in [4.69, 9.17) is 4.74 Å². The minimum absolute atomic E-state index is 0.00618. The number of amides is 2. The Balaban J connectivity index is 1.32. The number of pyridine rings is 1. The summed E-state index contributed by atoms with van der Waals surface area (Å²) in [5.74, 6) is 0.557. The zero-order valence-corrected chi connectivity index (χ0v) is 24.3. The van der Waals surface area contributed by atoms with Crippen molar-refractivity contribution in [2.75, 3.05) is 20.2 Å². The number of likely N-dealkylation sites (tertiary alicyclic amines) is 1. The number of fused-ring (bicyclic) bond motifs is 1. The molecule has 3 aliphatic carbocycles. The maximum absolute atomic E-state index is 14.7. The van der Waals surface area contributed by atoms with Crippen LogP contribution in [-0.4, -0.2) is 41.9 Å². The number of rotatable bonds is 7.